The van der Waals surface area contributed by atoms with Gasteiger partial charge in [0.25, 0.3) is 0 Å². The lowest BCUT2D eigenvalue weighted by atomic mass is 10.1. The number of nitrogens with one attached hydrogen (secondary N) is 1. The Morgan fingerprint density at radius 1 is 1.33 bits per heavy atom. The summed E-state index contributed by atoms with van der Waals surface area (Å²) in [6, 6.07) is 0.0302. The third-order valence-electron chi connectivity index (χ3n) is 3.60. The van der Waals surface area contributed by atoms with E-state index < -0.39 is 0 Å². The highest BCUT2D eigenvalue weighted by Gasteiger charge is 2.27. The molecule has 0 aliphatic heterocycles. The van der Waals surface area contributed by atoms with E-state index in [4.69, 9.17) is 9.72 Å². The molecule has 2 aromatic rings. The van der Waals surface area contributed by atoms with Gasteiger partial charge in [0, 0.05) is 11.9 Å². The first-order chi connectivity index (χ1) is 10.0. The second-order valence-electron chi connectivity index (χ2n) is 5.03. The molecule has 5 nitrogen and oxygen atoms in total. The van der Waals surface area contributed by atoms with E-state index in [1.165, 1.54) is 10.6 Å². The van der Waals surface area contributed by atoms with E-state index in [2.05, 4.69) is 31.2 Å². The molecule has 1 atom stereocenters. The number of thiazole rings is 1. The predicted octanol–water partition coefficient (Wildman–Crippen LogP) is 2.76. The van der Waals surface area contributed by atoms with Crippen LogP contribution < -0.4 is 10.1 Å². The topological polar surface area (TPSA) is 52.0 Å². The zero-order valence-electron chi connectivity index (χ0n) is 13.6. The molecule has 21 heavy (non-hydrogen) atoms. The van der Waals surface area contributed by atoms with Gasteiger partial charge < -0.3 is 10.1 Å². The molecule has 116 valence electrons. The van der Waals surface area contributed by atoms with Crippen LogP contribution in [0.15, 0.2) is 0 Å². The summed E-state index contributed by atoms with van der Waals surface area (Å²) in [6.07, 6.45) is 0.963. The van der Waals surface area contributed by atoms with Crippen molar-refractivity contribution in [1.29, 1.82) is 0 Å². The van der Waals surface area contributed by atoms with Gasteiger partial charge in [0.1, 0.15) is 5.01 Å². The Kier molecular flexibility index (Phi) is 5.00. The Bertz CT molecular complexity index is 617. The lowest BCUT2D eigenvalue weighted by Crippen LogP contribution is -2.23. The van der Waals surface area contributed by atoms with Crippen molar-refractivity contribution in [2.24, 2.45) is 7.05 Å². The molecule has 0 aliphatic rings. The Labute approximate surface area is 130 Å². The molecule has 6 heteroatoms. The van der Waals surface area contributed by atoms with Crippen LogP contribution in [0.1, 0.15) is 46.7 Å². The molecule has 0 radical (unpaired) electrons. The van der Waals surface area contributed by atoms with Crippen molar-refractivity contribution < 1.29 is 4.74 Å². The molecule has 0 saturated carbocycles. The quantitative estimate of drug-likeness (QED) is 0.891. The molecule has 2 heterocycles. The summed E-state index contributed by atoms with van der Waals surface area (Å²) in [5.74, 6) is 0.796. The van der Waals surface area contributed by atoms with E-state index in [0.29, 0.717) is 0 Å². The summed E-state index contributed by atoms with van der Waals surface area (Å²) in [6.45, 7) is 9.26. The van der Waals surface area contributed by atoms with E-state index >= 15 is 0 Å². The van der Waals surface area contributed by atoms with Crippen LogP contribution in [-0.2, 0) is 13.5 Å². The molecule has 0 fully saturated rings. The van der Waals surface area contributed by atoms with Gasteiger partial charge in [-0.1, -0.05) is 13.8 Å². The molecule has 2 aromatic heterocycles. The smallest absolute Gasteiger partial charge is 0.216 e. The Morgan fingerprint density at radius 2 is 2.05 bits per heavy atom. The Morgan fingerprint density at radius 3 is 2.57 bits per heavy atom. The van der Waals surface area contributed by atoms with Crippen LogP contribution in [0.3, 0.4) is 0 Å². The second-order valence-corrected chi connectivity index (χ2v) is 6.27. The molecular formula is C15H24N4OS. The Hall–Kier alpha value is -1.40. The third kappa shape index (κ3) is 2.96. The molecule has 0 spiro atoms. The van der Waals surface area contributed by atoms with Gasteiger partial charge in [0.2, 0.25) is 5.88 Å². The maximum atomic E-state index is 5.55. The molecule has 0 aliphatic carbocycles. The standard InChI is InChI=1S/C15H24N4OS/c1-7-11-10(4)21-14(17-11)13(16-8-2)12-9(3)18-19(5)15(12)20-6/h13,16H,7-8H2,1-6H3. The number of aromatic nitrogens is 3. The number of ether oxygens (including phenoxy) is 1. The molecule has 2 rings (SSSR count). The normalized spacial score (nSPS) is 12.7. The van der Waals surface area contributed by atoms with Crippen LogP contribution in [0.2, 0.25) is 0 Å². The first-order valence-corrected chi connectivity index (χ1v) is 8.12. The van der Waals surface area contributed by atoms with Gasteiger partial charge in [-0.05, 0) is 26.8 Å². The Balaban J connectivity index is 2.52. The fraction of sp³-hybridized carbons (Fsp3) is 0.600. The highest BCUT2D eigenvalue weighted by molar-refractivity contribution is 7.11. The summed E-state index contributed by atoms with van der Waals surface area (Å²) in [5, 5.41) is 9.10. The van der Waals surface area contributed by atoms with Crippen molar-refractivity contribution in [3.05, 3.63) is 26.8 Å². The number of methoxy groups -OCH3 is 1. The molecule has 0 saturated heterocycles. The lowest BCUT2D eigenvalue weighted by Gasteiger charge is -2.16. The molecule has 0 aromatic carbocycles. The fourth-order valence-electron chi connectivity index (χ4n) is 2.65. The number of rotatable bonds is 6. The maximum absolute atomic E-state index is 5.55. The van der Waals surface area contributed by atoms with Gasteiger partial charge in [-0.15, -0.1) is 11.3 Å². The minimum Gasteiger partial charge on any atom is -0.481 e. The summed E-state index contributed by atoms with van der Waals surface area (Å²) in [4.78, 5) is 6.10. The number of hydrogen-bond acceptors (Lipinski definition) is 5. The summed E-state index contributed by atoms with van der Waals surface area (Å²) < 4.78 is 7.33. The number of nitrogens with zero attached hydrogens (tertiary/aromatic N) is 3. The van der Waals surface area contributed by atoms with Crippen molar-refractivity contribution in [3.63, 3.8) is 0 Å². The van der Waals surface area contributed by atoms with Crippen molar-refractivity contribution in [3.8, 4) is 5.88 Å². The van der Waals surface area contributed by atoms with Crippen molar-refractivity contribution in [2.75, 3.05) is 13.7 Å². The summed E-state index contributed by atoms with van der Waals surface area (Å²) in [5.41, 5.74) is 3.24. The maximum Gasteiger partial charge on any atom is 0.216 e. The van der Waals surface area contributed by atoms with Crippen molar-refractivity contribution in [2.45, 2.75) is 40.2 Å². The minimum absolute atomic E-state index is 0.0302. The predicted molar refractivity (Wildman–Crippen MR) is 86.2 cm³/mol. The van der Waals surface area contributed by atoms with Crippen molar-refractivity contribution in [1.82, 2.24) is 20.1 Å². The first-order valence-electron chi connectivity index (χ1n) is 7.30. The van der Waals surface area contributed by atoms with Gasteiger partial charge in [-0.3, -0.25) is 0 Å². The fourth-order valence-corrected chi connectivity index (χ4v) is 3.74. The van der Waals surface area contributed by atoms with Crippen LogP contribution in [-0.4, -0.2) is 28.4 Å². The molecule has 1 unspecified atom stereocenters. The van der Waals surface area contributed by atoms with E-state index in [9.17, 15) is 0 Å². The molecule has 0 amide bonds. The zero-order chi connectivity index (χ0) is 15.6. The average molecular weight is 308 g/mol. The van der Waals surface area contributed by atoms with Crippen LogP contribution >= 0.6 is 11.3 Å². The minimum atomic E-state index is 0.0302. The largest absolute Gasteiger partial charge is 0.481 e. The highest BCUT2D eigenvalue weighted by atomic mass is 32.1. The van der Waals surface area contributed by atoms with E-state index in [-0.39, 0.29) is 6.04 Å². The SMILES string of the molecule is CCNC(c1nc(CC)c(C)s1)c1c(C)nn(C)c1OC. The van der Waals surface area contributed by atoms with E-state index in [1.807, 2.05) is 14.0 Å². The van der Waals surface area contributed by atoms with Gasteiger partial charge in [-0.2, -0.15) is 5.10 Å². The first kappa shape index (κ1) is 16.0. The number of hydrogen-bond donors (Lipinski definition) is 1. The average Bonchev–Trinajstić information content (AvgIpc) is 2.95. The highest BCUT2D eigenvalue weighted by Crippen LogP contribution is 2.35. The lowest BCUT2D eigenvalue weighted by molar-refractivity contribution is 0.365. The monoisotopic (exact) mass is 308 g/mol. The zero-order valence-corrected chi connectivity index (χ0v) is 14.5. The van der Waals surface area contributed by atoms with E-state index in [0.717, 1.165) is 35.1 Å². The summed E-state index contributed by atoms with van der Waals surface area (Å²) >= 11 is 1.75. The molecule has 1 N–H and O–H groups in total. The van der Waals surface area contributed by atoms with Gasteiger partial charge in [-0.25, -0.2) is 9.67 Å². The van der Waals surface area contributed by atoms with Crippen LogP contribution in [0.4, 0.5) is 0 Å². The third-order valence-corrected chi connectivity index (χ3v) is 4.67. The van der Waals surface area contributed by atoms with Crippen LogP contribution in [0.25, 0.3) is 0 Å². The van der Waals surface area contributed by atoms with Crippen LogP contribution in [0.5, 0.6) is 5.88 Å². The van der Waals surface area contributed by atoms with Gasteiger partial charge in [0.05, 0.1) is 30.1 Å². The van der Waals surface area contributed by atoms with Gasteiger partial charge in [0.15, 0.2) is 0 Å². The summed E-state index contributed by atoms with van der Waals surface area (Å²) in [7, 11) is 3.59. The van der Waals surface area contributed by atoms with E-state index in [1.54, 1.807) is 23.1 Å². The van der Waals surface area contributed by atoms with Crippen molar-refractivity contribution >= 4 is 11.3 Å². The second kappa shape index (κ2) is 6.58. The number of aryl methyl sites for hydroxylation is 4. The van der Waals surface area contributed by atoms with Crippen LogP contribution in [0, 0.1) is 13.8 Å². The molecular weight excluding hydrogens is 284 g/mol. The molecule has 0 bridgehead atoms. The van der Waals surface area contributed by atoms with Gasteiger partial charge >= 0.3 is 0 Å².